The highest BCUT2D eigenvalue weighted by atomic mass is 35.5. The quantitative estimate of drug-likeness (QED) is 0.776. The Morgan fingerprint density at radius 3 is 2.71 bits per heavy atom. The maximum Gasteiger partial charge on any atom is 0.314 e. The van der Waals surface area contributed by atoms with E-state index in [0.29, 0.717) is 16.9 Å². The molecule has 0 fully saturated rings. The van der Waals surface area contributed by atoms with E-state index in [4.69, 9.17) is 22.9 Å². The molecule has 0 N–H and O–H groups in total. The maximum absolute atomic E-state index is 14.0. The number of ether oxygens (including phenoxy) is 1. The molecule has 104 valence electrons. The molecule has 2 aromatic rings. The fraction of sp³-hybridized carbons (Fsp3) is 0.125. The van der Waals surface area contributed by atoms with Gasteiger partial charge >= 0.3 is 6.07 Å². The highest BCUT2D eigenvalue weighted by Gasteiger charge is 2.17. The van der Waals surface area contributed by atoms with Crippen molar-refractivity contribution in [3.63, 3.8) is 0 Å². The van der Waals surface area contributed by atoms with Gasteiger partial charge in [0.2, 0.25) is 0 Å². The lowest BCUT2D eigenvalue weighted by Gasteiger charge is -2.09. The van der Waals surface area contributed by atoms with Gasteiger partial charge in [0.15, 0.2) is 5.82 Å². The van der Waals surface area contributed by atoms with Gasteiger partial charge in [0.05, 0.1) is 5.56 Å². The van der Waals surface area contributed by atoms with Crippen LogP contribution >= 0.6 is 11.6 Å². The summed E-state index contributed by atoms with van der Waals surface area (Å²) in [5.41, 5.74) is 0.960. The molecule has 0 amide bonds. The number of nitrogens with zero attached hydrogens (tertiary/aromatic N) is 2. The summed E-state index contributed by atoms with van der Waals surface area (Å²) in [5.74, 6) is 0.106. The molecule has 0 aliphatic rings. The fourth-order valence-corrected chi connectivity index (χ4v) is 1.98. The topological polar surface area (TPSA) is 17.9 Å². The van der Waals surface area contributed by atoms with E-state index in [1.54, 1.807) is 31.3 Å². The second-order valence-electron chi connectivity index (χ2n) is 4.13. The predicted molar refractivity (Wildman–Crippen MR) is 82.2 cm³/mol. The first kappa shape index (κ1) is 14.8. The van der Waals surface area contributed by atoms with Gasteiger partial charge in [-0.25, -0.2) is 4.39 Å². The summed E-state index contributed by atoms with van der Waals surface area (Å²) < 4.78 is 19.7. The standard InChI is InChI=1S/C16H12ClFN2O/c1-19-9-11-5-3-4-6-13(11)21-14-8-7-12(10-20-2)16(18)15(14)17/h2-8H,10H2,1H3/q+2. The number of hydrogen-bond acceptors (Lipinski definition) is 1. The molecule has 0 bridgehead atoms. The summed E-state index contributed by atoms with van der Waals surface area (Å²) >= 11 is 5.99. The van der Waals surface area contributed by atoms with Crippen LogP contribution in [0.5, 0.6) is 11.5 Å². The average Bonchev–Trinajstić information content (AvgIpc) is 2.49. The van der Waals surface area contributed by atoms with Gasteiger partial charge in [0.1, 0.15) is 22.1 Å². The zero-order valence-electron chi connectivity index (χ0n) is 11.3. The molecule has 0 radical (unpaired) electrons. The largest absolute Gasteiger partial charge is 0.454 e. The minimum Gasteiger partial charge on any atom is -0.454 e. The molecular formula is C16H12ClFN2O+2. The monoisotopic (exact) mass is 302 g/mol. The van der Waals surface area contributed by atoms with Crippen LogP contribution < -0.4 is 4.74 Å². The van der Waals surface area contributed by atoms with Crippen molar-refractivity contribution in [3.05, 3.63) is 68.1 Å². The van der Waals surface area contributed by atoms with Crippen LogP contribution in [0.1, 0.15) is 11.1 Å². The van der Waals surface area contributed by atoms with Gasteiger partial charge in [-0.15, -0.1) is 0 Å². The molecule has 0 saturated heterocycles. The molecule has 2 aromatic carbocycles. The van der Waals surface area contributed by atoms with Crippen molar-refractivity contribution in [3.8, 4) is 24.1 Å². The summed E-state index contributed by atoms with van der Waals surface area (Å²) in [5, 5.41) is -0.112. The van der Waals surface area contributed by atoms with Crippen LogP contribution in [0.4, 0.5) is 4.39 Å². The number of rotatable bonds is 3. The summed E-state index contributed by atoms with van der Waals surface area (Å²) in [6.07, 6.45) is 0. The second-order valence-corrected chi connectivity index (χ2v) is 4.50. The van der Waals surface area contributed by atoms with Gasteiger partial charge in [0.25, 0.3) is 20.2 Å². The van der Waals surface area contributed by atoms with E-state index >= 15 is 0 Å². The Balaban J connectivity index is 2.39. The third-order valence-corrected chi connectivity index (χ3v) is 3.08. The van der Waals surface area contributed by atoms with Crippen LogP contribution in [0.25, 0.3) is 9.69 Å². The Bertz CT molecular complexity index is 772. The molecule has 21 heavy (non-hydrogen) atoms. The summed E-state index contributed by atoms with van der Waals surface area (Å²) in [6.45, 7) is 5.11. The molecule has 0 spiro atoms. The Hall–Kier alpha value is -2.56. The number of hydrogen-bond donors (Lipinski definition) is 0. The number of para-hydroxylation sites is 1. The van der Waals surface area contributed by atoms with Crippen LogP contribution in [0, 0.1) is 18.5 Å². The van der Waals surface area contributed by atoms with Crippen LogP contribution in [0.2, 0.25) is 5.02 Å². The molecule has 5 heteroatoms. The van der Waals surface area contributed by atoms with Crippen molar-refractivity contribution in [1.29, 1.82) is 0 Å². The lowest BCUT2D eigenvalue weighted by atomic mass is 10.2. The minimum absolute atomic E-state index is 0.0543. The Kier molecular flexibility index (Phi) is 4.77. The highest BCUT2D eigenvalue weighted by Crippen LogP contribution is 2.34. The number of benzene rings is 2. The van der Waals surface area contributed by atoms with Crippen molar-refractivity contribution in [2.45, 2.75) is 6.54 Å². The van der Waals surface area contributed by atoms with Crippen molar-refractivity contribution >= 4 is 11.6 Å². The molecular weight excluding hydrogens is 291 g/mol. The zero-order chi connectivity index (χ0) is 15.2. The molecule has 3 nitrogen and oxygen atoms in total. The van der Waals surface area contributed by atoms with Crippen LogP contribution in [-0.2, 0) is 6.54 Å². The van der Waals surface area contributed by atoms with Gasteiger partial charge in [0, 0.05) is 0 Å². The molecule has 0 unspecified atom stereocenters. The third kappa shape index (κ3) is 3.31. The molecule has 0 atom stereocenters. The van der Waals surface area contributed by atoms with E-state index in [-0.39, 0.29) is 17.3 Å². The Labute approximate surface area is 127 Å². The first-order chi connectivity index (χ1) is 10.2. The smallest absolute Gasteiger partial charge is 0.314 e. The van der Waals surface area contributed by atoms with Gasteiger partial charge < -0.3 is 4.74 Å². The minimum atomic E-state index is -0.589. The zero-order valence-corrected chi connectivity index (χ0v) is 12.1. The van der Waals surface area contributed by atoms with Gasteiger partial charge in [-0.1, -0.05) is 33.4 Å². The van der Waals surface area contributed by atoms with Gasteiger partial charge in [-0.2, -0.15) is 0 Å². The van der Waals surface area contributed by atoms with Crippen molar-refractivity contribution in [2.75, 3.05) is 7.05 Å². The molecule has 0 heterocycles. The lowest BCUT2D eigenvalue weighted by molar-refractivity contribution is 0.475. The Morgan fingerprint density at radius 2 is 2.00 bits per heavy atom. The van der Waals surface area contributed by atoms with E-state index in [1.807, 2.05) is 6.07 Å². The highest BCUT2D eigenvalue weighted by molar-refractivity contribution is 6.32. The van der Waals surface area contributed by atoms with Crippen molar-refractivity contribution in [2.24, 2.45) is 0 Å². The number of halogens is 2. The second kappa shape index (κ2) is 6.74. The first-order valence-corrected chi connectivity index (χ1v) is 6.50. The van der Waals surface area contributed by atoms with Crippen molar-refractivity contribution in [1.82, 2.24) is 0 Å². The van der Waals surface area contributed by atoms with E-state index in [9.17, 15) is 4.39 Å². The summed E-state index contributed by atoms with van der Waals surface area (Å²) in [4.78, 5) is 7.22. The third-order valence-electron chi connectivity index (χ3n) is 2.73. The van der Waals surface area contributed by atoms with Crippen LogP contribution in [0.15, 0.2) is 36.4 Å². The SMILES string of the molecule is C#[N+]Cc1ccc(Oc2ccccc2C#[N+]C)c(Cl)c1F. The fourth-order valence-electron chi connectivity index (χ4n) is 1.76. The van der Waals surface area contributed by atoms with Gasteiger partial charge in [-0.3, -0.25) is 0 Å². The molecule has 0 aliphatic heterocycles. The predicted octanol–water partition coefficient (Wildman–Crippen LogP) is 5.04. The Morgan fingerprint density at radius 1 is 1.24 bits per heavy atom. The normalized spacial score (nSPS) is 9.43. The van der Waals surface area contributed by atoms with Gasteiger partial charge in [-0.05, 0) is 24.3 Å². The van der Waals surface area contributed by atoms with Crippen LogP contribution in [0.3, 0.4) is 0 Å². The molecule has 0 aliphatic carbocycles. The molecule has 0 saturated carbocycles. The first-order valence-electron chi connectivity index (χ1n) is 6.12. The van der Waals surface area contributed by atoms with E-state index < -0.39 is 5.82 Å². The van der Waals surface area contributed by atoms with E-state index in [2.05, 4.69) is 15.8 Å². The molecule has 2 rings (SSSR count). The molecule has 0 aromatic heterocycles. The van der Waals surface area contributed by atoms with E-state index in [1.165, 1.54) is 6.07 Å². The summed E-state index contributed by atoms with van der Waals surface area (Å²) in [6, 6.07) is 13.0. The average molecular weight is 303 g/mol. The van der Waals surface area contributed by atoms with Crippen molar-refractivity contribution < 1.29 is 9.13 Å². The van der Waals surface area contributed by atoms with E-state index in [0.717, 1.165) is 0 Å². The van der Waals surface area contributed by atoms with Crippen LogP contribution in [-0.4, -0.2) is 7.05 Å². The summed E-state index contributed by atoms with van der Waals surface area (Å²) in [7, 11) is 1.61. The maximum atomic E-state index is 14.0. The lowest BCUT2D eigenvalue weighted by Crippen LogP contribution is -1.94.